The molecule has 0 spiro atoms. The van der Waals surface area contributed by atoms with E-state index < -0.39 is 28.5 Å². The number of carbonyl (C=O) groups excluding carboxylic acids is 1. The fourth-order valence-corrected chi connectivity index (χ4v) is 5.03. The lowest BCUT2D eigenvalue weighted by Gasteiger charge is -2.25. The second-order valence-electron chi connectivity index (χ2n) is 7.35. The molecule has 0 fully saturated rings. The third-order valence-electron chi connectivity index (χ3n) is 5.07. The molecular weight excluding hydrogens is 499 g/mol. The van der Waals surface area contributed by atoms with Crippen LogP contribution in [0.3, 0.4) is 0 Å². The Kier molecular flexibility index (Phi) is 8.30. The minimum Gasteiger partial charge on any atom is -0.493 e. The molecule has 0 radical (unpaired) electrons. The van der Waals surface area contributed by atoms with E-state index in [-0.39, 0.29) is 10.6 Å². The standard InChI is InChI=1S/C24H24Cl2N2O5S/c1-16(17-7-12-22(32-2)23(13-17)33-3)27-24(29)15-28(20-6-4-5-19(26)14-20)34(30,31)21-10-8-18(25)9-11-21/h4-14,16H,15H2,1-3H3,(H,27,29)/t16-/m1/s1. The SMILES string of the molecule is COc1ccc([C@@H](C)NC(=O)CN(c2cccc(Cl)c2)S(=O)(=O)c2ccc(Cl)cc2)cc1OC. The van der Waals surface area contributed by atoms with Gasteiger partial charge in [0.25, 0.3) is 10.0 Å². The molecule has 0 heterocycles. The third kappa shape index (κ3) is 5.94. The summed E-state index contributed by atoms with van der Waals surface area (Å²) in [6.07, 6.45) is 0. The highest BCUT2D eigenvalue weighted by Gasteiger charge is 2.28. The summed E-state index contributed by atoms with van der Waals surface area (Å²) in [5.41, 5.74) is 1.03. The van der Waals surface area contributed by atoms with Gasteiger partial charge in [-0.05, 0) is 67.1 Å². The summed E-state index contributed by atoms with van der Waals surface area (Å²) in [4.78, 5) is 13.0. The van der Waals surface area contributed by atoms with Crippen LogP contribution >= 0.6 is 23.2 Å². The van der Waals surface area contributed by atoms with Crippen molar-refractivity contribution in [3.05, 3.63) is 82.3 Å². The minimum absolute atomic E-state index is 0.00221. The number of carbonyl (C=O) groups is 1. The Morgan fingerprint density at radius 1 is 0.941 bits per heavy atom. The number of amides is 1. The van der Waals surface area contributed by atoms with Gasteiger partial charge >= 0.3 is 0 Å². The predicted octanol–water partition coefficient (Wildman–Crippen LogP) is 5.08. The molecule has 7 nitrogen and oxygen atoms in total. The van der Waals surface area contributed by atoms with Crippen molar-refractivity contribution in [2.45, 2.75) is 17.9 Å². The molecule has 0 saturated heterocycles. The smallest absolute Gasteiger partial charge is 0.264 e. The van der Waals surface area contributed by atoms with Crippen molar-refractivity contribution in [3.8, 4) is 11.5 Å². The van der Waals surface area contributed by atoms with Gasteiger partial charge in [-0.25, -0.2) is 8.42 Å². The Bertz CT molecular complexity index is 1270. The summed E-state index contributed by atoms with van der Waals surface area (Å²) in [7, 11) is -1.02. The number of hydrogen-bond donors (Lipinski definition) is 1. The predicted molar refractivity (Wildman–Crippen MR) is 134 cm³/mol. The number of nitrogens with zero attached hydrogens (tertiary/aromatic N) is 1. The lowest BCUT2D eigenvalue weighted by Crippen LogP contribution is -2.41. The van der Waals surface area contributed by atoms with E-state index in [9.17, 15) is 13.2 Å². The summed E-state index contributed by atoms with van der Waals surface area (Å²) in [5.74, 6) is 0.581. The number of rotatable bonds is 9. The van der Waals surface area contributed by atoms with Gasteiger partial charge in [0.15, 0.2) is 11.5 Å². The van der Waals surface area contributed by atoms with Gasteiger partial charge in [-0.2, -0.15) is 0 Å². The summed E-state index contributed by atoms with van der Waals surface area (Å²) < 4.78 is 38.4. The molecule has 3 aromatic carbocycles. The normalized spacial score (nSPS) is 12.0. The lowest BCUT2D eigenvalue weighted by atomic mass is 10.1. The van der Waals surface area contributed by atoms with Crippen LogP contribution in [0.25, 0.3) is 0 Å². The van der Waals surface area contributed by atoms with Gasteiger partial charge in [0, 0.05) is 10.0 Å². The van der Waals surface area contributed by atoms with E-state index in [2.05, 4.69) is 5.32 Å². The minimum atomic E-state index is -4.08. The fraction of sp³-hybridized carbons (Fsp3) is 0.208. The summed E-state index contributed by atoms with van der Waals surface area (Å²) in [5, 5.41) is 3.58. The van der Waals surface area contributed by atoms with Crippen LogP contribution in [0.1, 0.15) is 18.5 Å². The molecule has 34 heavy (non-hydrogen) atoms. The molecule has 0 aliphatic carbocycles. The molecule has 0 bridgehead atoms. The van der Waals surface area contributed by atoms with Crippen molar-refractivity contribution in [2.75, 3.05) is 25.1 Å². The highest BCUT2D eigenvalue weighted by molar-refractivity contribution is 7.92. The topological polar surface area (TPSA) is 84.9 Å². The maximum absolute atomic E-state index is 13.4. The summed E-state index contributed by atoms with van der Waals surface area (Å²) in [6.45, 7) is 1.33. The van der Waals surface area contributed by atoms with Crippen LogP contribution in [0.5, 0.6) is 11.5 Å². The molecule has 0 aliphatic heterocycles. The molecule has 0 unspecified atom stereocenters. The first kappa shape index (κ1) is 25.7. The molecule has 0 aromatic heterocycles. The molecular formula is C24H24Cl2N2O5S. The number of benzene rings is 3. The molecule has 1 atom stereocenters. The van der Waals surface area contributed by atoms with Crippen LogP contribution in [0.15, 0.2) is 71.6 Å². The van der Waals surface area contributed by atoms with Crippen molar-refractivity contribution in [1.82, 2.24) is 5.32 Å². The van der Waals surface area contributed by atoms with Gasteiger partial charge in [0.1, 0.15) is 6.54 Å². The molecule has 3 aromatic rings. The molecule has 180 valence electrons. The first-order valence-corrected chi connectivity index (χ1v) is 12.4. The molecule has 0 aliphatic rings. The Balaban J connectivity index is 1.88. The fourth-order valence-electron chi connectivity index (χ4n) is 3.30. The molecule has 1 N–H and O–H groups in total. The van der Waals surface area contributed by atoms with Crippen LogP contribution in [0.2, 0.25) is 10.0 Å². The largest absolute Gasteiger partial charge is 0.493 e. The quantitative estimate of drug-likeness (QED) is 0.423. The number of anilines is 1. The monoisotopic (exact) mass is 522 g/mol. The number of sulfonamides is 1. The second-order valence-corrected chi connectivity index (χ2v) is 10.1. The van der Waals surface area contributed by atoms with Crippen molar-refractivity contribution >= 4 is 44.8 Å². The number of ether oxygens (including phenoxy) is 2. The van der Waals surface area contributed by atoms with E-state index in [1.165, 1.54) is 44.6 Å². The average Bonchev–Trinajstić information content (AvgIpc) is 2.82. The number of methoxy groups -OCH3 is 2. The maximum Gasteiger partial charge on any atom is 0.264 e. The second kappa shape index (κ2) is 11.0. The van der Waals surface area contributed by atoms with Crippen molar-refractivity contribution in [2.24, 2.45) is 0 Å². The highest BCUT2D eigenvalue weighted by Crippen LogP contribution is 2.30. The number of nitrogens with one attached hydrogen (secondary N) is 1. The molecule has 0 saturated carbocycles. The van der Waals surface area contributed by atoms with E-state index in [1.807, 2.05) is 0 Å². The van der Waals surface area contributed by atoms with Gasteiger partial charge in [-0.1, -0.05) is 35.3 Å². The van der Waals surface area contributed by atoms with Crippen LogP contribution in [-0.2, 0) is 14.8 Å². The van der Waals surface area contributed by atoms with E-state index in [0.29, 0.717) is 21.5 Å². The number of hydrogen-bond acceptors (Lipinski definition) is 5. The van der Waals surface area contributed by atoms with Gasteiger partial charge < -0.3 is 14.8 Å². The van der Waals surface area contributed by atoms with Gasteiger partial charge in [0.2, 0.25) is 5.91 Å². The van der Waals surface area contributed by atoms with Crippen LogP contribution in [0, 0.1) is 0 Å². The van der Waals surface area contributed by atoms with E-state index in [1.54, 1.807) is 43.3 Å². The van der Waals surface area contributed by atoms with Crippen LogP contribution in [-0.4, -0.2) is 35.1 Å². The number of halogens is 2. The van der Waals surface area contributed by atoms with Crippen molar-refractivity contribution in [1.29, 1.82) is 0 Å². The van der Waals surface area contributed by atoms with E-state index >= 15 is 0 Å². The van der Waals surface area contributed by atoms with E-state index in [4.69, 9.17) is 32.7 Å². The molecule has 1 amide bonds. The Morgan fingerprint density at radius 3 is 2.24 bits per heavy atom. The Labute approximate surface area is 209 Å². The molecule has 10 heteroatoms. The van der Waals surface area contributed by atoms with Crippen LogP contribution < -0.4 is 19.1 Å². The van der Waals surface area contributed by atoms with Crippen molar-refractivity contribution in [3.63, 3.8) is 0 Å². The van der Waals surface area contributed by atoms with Gasteiger partial charge in [0.05, 0.1) is 30.8 Å². The Hall–Kier alpha value is -2.94. The highest BCUT2D eigenvalue weighted by atomic mass is 35.5. The summed E-state index contributed by atoms with van der Waals surface area (Å²) >= 11 is 12.0. The first-order valence-electron chi connectivity index (χ1n) is 10.2. The van der Waals surface area contributed by atoms with Gasteiger partial charge in [-0.15, -0.1) is 0 Å². The first-order chi connectivity index (χ1) is 16.1. The van der Waals surface area contributed by atoms with E-state index in [0.717, 1.165) is 9.87 Å². The zero-order valence-corrected chi connectivity index (χ0v) is 21.1. The maximum atomic E-state index is 13.4. The molecule has 3 rings (SSSR count). The van der Waals surface area contributed by atoms with Gasteiger partial charge in [-0.3, -0.25) is 9.10 Å². The average molecular weight is 523 g/mol. The lowest BCUT2D eigenvalue weighted by molar-refractivity contribution is -0.120. The zero-order chi connectivity index (χ0) is 24.9. The Morgan fingerprint density at radius 2 is 1.62 bits per heavy atom. The van der Waals surface area contributed by atoms with Crippen molar-refractivity contribution < 1.29 is 22.7 Å². The zero-order valence-electron chi connectivity index (χ0n) is 18.8. The van der Waals surface area contributed by atoms with Crippen LogP contribution in [0.4, 0.5) is 5.69 Å². The summed E-state index contributed by atoms with van der Waals surface area (Å²) in [6, 6.07) is 16.9. The third-order valence-corrected chi connectivity index (χ3v) is 7.35.